The van der Waals surface area contributed by atoms with Crippen LogP contribution in [0.1, 0.15) is 30.0 Å². The van der Waals surface area contributed by atoms with Gasteiger partial charge in [0.1, 0.15) is 18.4 Å². The highest BCUT2D eigenvalue weighted by Gasteiger charge is 2.35. The first-order valence-corrected chi connectivity index (χ1v) is 14.6. The van der Waals surface area contributed by atoms with Crippen LogP contribution in [-0.2, 0) is 32.8 Å². The number of rotatable bonds is 13. The molecule has 3 aromatic carbocycles. The molecule has 0 fully saturated rings. The van der Waals surface area contributed by atoms with E-state index in [9.17, 15) is 22.4 Å². The van der Waals surface area contributed by atoms with Crippen molar-refractivity contribution in [3.63, 3.8) is 0 Å². The maximum absolute atomic E-state index is 14.9. The van der Waals surface area contributed by atoms with E-state index in [1.54, 1.807) is 0 Å². The van der Waals surface area contributed by atoms with Gasteiger partial charge in [0.2, 0.25) is 11.8 Å². The van der Waals surface area contributed by atoms with Crippen LogP contribution in [0, 0.1) is 12.7 Å². The fourth-order valence-corrected chi connectivity index (χ4v) is 5.23. The van der Waals surface area contributed by atoms with Gasteiger partial charge in [-0.05, 0) is 36.6 Å². The molecule has 8 nitrogen and oxygen atoms in total. The normalized spacial score (nSPS) is 12.2. The van der Waals surface area contributed by atoms with Crippen LogP contribution in [0.5, 0.6) is 0 Å². The lowest BCUT2D eigenvalue weighted by atomic mass is 10.0. The van der Waals surface area contributed by atoms with Gasteiger partial charge < -0.3 is 10.2 Å². The van der Waals surface area contributed by atoms with Crippen molar-refractivity contribution in [2.45, 2.75) is 39.3 Å². The third-order valence-electron chi connectivity index (χ3n) is 6.43. The van der Waals surface area contributed by atoms with E-state index >= 15 is 0 Å². The van der Waals surface area contributed by atoms with Gasteiger partial charge in [-0.3, -0.25) is 9.59 Å². The van der Waals surface area contributed by atoms with Crippen molar-refractivity contribution in [3.8, 4) is 0 Å². The number of carbonyl (C=O) groups excluding carboxylic acids is 2. The second-order valence-corrected chi connectivity index (χ2v) is 11.8. The summed E-state index contributed by atoms with van der Waals surface area (Å²) in [6.07, 6.45) is 0.923. The first kappa shape index (κ1) is 30.8. The minimum absolute atomic E-state index is 0.0588. The van der Waals surface area contributed by atoms with Crippen molar-refractivity contribution in [1.29, 1.82) is 0 Å². The van der Waals surface area contributed by atoms with Crippen LogP contribution in [0.15, 0.2) is 78.9 Å². The van der Waals surface area contributed by atoms with Crippen molar-refractivity contribution < 1.29 is 22.4 Å². The molecular weight excluding hydrogens is 531 g/mol. The Hall–Kier alpha value is -3.76. The molecule has 0 heterocycles. The molecule has 0 aliphatic heterocycles. The van der Waals surface area contributed by atoms with E-state index in [-0.39, 0.29) is 24.6 Å². The molecule has 2 amide bonds. The molecule has 0 saturated carbocycles. The van der Waals surface area contributed by atoms with E-state index in [0.29, 0.717) is 13.0 Å². The molecular formula is C30H37FN4O4S. The van der Waals surface area contributed by atoms with Gasteiger partial charge >= 0.3 is 10.2 Å². The van der Waals surface area contributed by atoms with E-state index in [1.807, 2.05) is 68.4 Å². The van der Waals surface area contributed by atoms with E-state index in [1.165, 1.54) is 37.2 Å². The zero-order valence-corrected chi connectivity index (χ0v) is 24.2. The molecule has 0 aliphatic rings. The second kappa shape index (κ2) is 14.0. The van der Waals surface area contributed by atoms with E-state index < -0.39 is 34.5 Å². The van der Waals surface area contributed by atoms with Crippen LogP contribution in [0.2, 0.25) is 0 Å². The summed E-state index contributed by atoms with van der Waals surface area (Å²) in [7, 11) is -1.63. The second-order valence-electron chi connectivity index (χ2n) is 9.75. The van der Waals surface area contributed by atoms with Crippen molar-refractivity contribution in [2.75, 3.05) is 31.5 Å². The Balaban J connectivity index is 2.08. The summed E-state index contributed by atoms with van der Waals surface area (Å²) in [5.74, 6) is -1.77. The van der Waals surface area contributed by atoms with E-state index in [4.69, 9.17) is 0 Å². The molecule has 0 radical (unpaired) electrons. The van der Waals surface area contributed by atoms with Gasteiger partial charge in [-0.25, -0.2) is 8.70 Å². The van der Waals surface area contributed by atoms with Crippen molar-refractivity contribution >= 4 is 27.7 Å². The number of nitrogens with one attached hydrogen (secondary N) is 1. The van der Waals surface area contributed by atoms with Crippen LogP contribution in [-0.4, -0.2) is 62.7 Å². The van der Waals surface area contributed by atoms with Gasteiger partial charge in [0.05, 0.1) is 5.69 Å². The maximum atomic E-state index is 14.9. The first-order valence-electron chi connectivity index (χ1n) is 13.2. The highest BCUT2D eigenvalue weighted by atomic mass is 32.2. The van der Waals surface area contributed by atoms with Gasteiger partial charge in [-0.1, -0.05) is 79.2 Å². The highest BCUT2D eigenvalue weighted by Crippen LogP contribution is 2.24. The number of aryl methyl sites for hydroxylation is 1. The molecule has 0 spiro atoms. The van der Waals surface area contributed by atoms with E-state index in [2.05, 4.69) is 5.32 Å². The Morgan fingerprint density at radius 3 is 2.12 bits per heavy atom. The van der Waals surface area contributed by atoms with E-state index in [0.717, 1.165) is 31.4 Å². The average molecular weight is 569 g/mol. The maximum Gasteiger partial charge on any atom is 0.304 e. The molecule has 0 aliphatic carbocycles. The van der Waals surface area contributed by atoms with Crippen molar-refractivity contribution in [3.05, 3.63) is 101 Å². The lowest BCUT2D eigenvalue weighted by Gasteiger charge is -2.34. The van der Waals surface area contributed by atoms with Crippen LogP contribution in [0.25, 0.3) is 0 Å². The smallest absolute Gasteiger partial charge is 0.304 e. The molecule has 10 heteroatoms. The predicted molar refractivity (Wildman–Crippen MR) is 155 cm³/mol. The number of nitrogens with zero attached hydrogens (tertiary/aromatic N) is 3. The molecule has 214 valence electrons. The SMILES string of the molecule is CCCNC(=O)C(Cc1ccccc1)N(Cc1ccc(C)cc1)C(=O)CN(c1ccccc1F)S(=O)(=O)N(C)C. The molecule has 1 N–H and O–H groups in total. The highest BCUT2D eigenvalue weighted by molar-refractivity contribution is 7.90. The van der Waals surface area contributed by atoms with Gasteiger partial charge in [0.15, 0.2) is 0 Å². The fourth-order valence-electron chi connectivity index (χ4n) is 4.17. The van der Waals surface area contributed by atoms with Crippen molar-refractivity contribution in [1.82, 2.24) is 14.5 Å². The summed E-state index contributed by atoms with van der Waals surface area (Å²) < 4.78 is 43.2. The van der Waals surface area contributed by atoms with Crippen LogP contribution in [0.3, 0.4) is 0 Å². The molecule has 40 heavy (non-hydrogen) atoms. The Labute approximate surface area is 236 Å². The fraction of sp³-hybridized carbons (Fsp3) is 0.333. The third-order valence-corrected chi connectivity index (χ3v) is 8.24. The Kier molecular flexibility index (Phi) is 10.8. The number of halogens is 1. The van der Waals surface area contributed by atoms with Crippen LogP contribution >= 0.6 is 0 Å². The standard InChI is InChI=1S/C30H37FN4O4S/c1-5-19-32-30(37)28(20-24-11-7-6-8-12-24)34(21-25-17-15-23(2)16-18-25)29(36)22-35(40(38,39)33(3)4)27-14-10-9-13-26(27)31/h6-18,28H,5,19-22H2,1-4H3,(H,32,37). The first-order chi connectivity index (χ1) is 19.0. The zero-order valence-electron chi connectivity index (χ0n) is 23.4. The van der Waals surface area contributed by atoms with Gasteiger partial charge in [-0.15, -0.1) is 0 Å². The van der Waals surface area contributed by atoms with Crippen LogP contribution in [0.4, 0.5) is 10.1 Å². The molecule has 1 atom stereocenters. The quantitative estimate of drug-likeness (QED) is 0.339. The third kappa shape index (κ3) is 7.89. The van der Waals surface area contributed by atoms with Crippen molar-refractivity contribution in [2.24, 2.45) is 0 Å². The topological polar surface area (TPSA) is 90.0 Å². The molecule has 3 rings (SSSR count). The summed E-state index contributed by atoms with van der Waals surface area (Å²) in [5.41, 5.74) is 2.39. The van der Waals surface area contributed by atoms with Gasteiger partial charge in [-0.2, -0.15) is 12.7 Å². The molecule has 0 bridgehead atoms. The summed E-state index contributed by atoms with van der Waals surface area (Å²) in [6.45, 7) is 3.66. The summed E-state index contributed by atoms with van der Waals surface area (Å²) >= 11 is 0. The Morgan fingerprint density at radius 1 is 0.900 bits per heavy atom. The Morgan fingerprint density at radius 2 is 1.52 bits per heavy atom. The summed E-state index contributed by atoms with van der Waals surface area (Å²) in [6, 6.07) is 21.3. The number of benzene rings is 3. The number of amides is 2. The molecule has 0 aromatic heterocycles. The minimum atomic E-state index is -4.26. The lowest BCUT2D eigenvalue weighted by Crippen LogP contribution is -2.54. The molecule has 0 saturated heterocycles. The summed E-state index contributed by atoms with van der Waals surface area (Å²) in [4.78, 5) is 29.0. The number of hydrogen-bond acceptors (Lipinski definition) is 4. The van der Waals surface area contributed by atoms with Gasteiger partial charge in [0, 0.05) is 33.6 Å². The monoisotopic (exact) mass is 568 g/mol. The lowest BCUT2D eigenvalue weighted by molar-refractivity contribution is -0.140. The predicted octanol–water partition coefficient (Wildman–Crippen LogP) is 3.91. The molecule has 3 aromatic rings. The minimum Gasteiger partial charge on any atom is -0.354 e. The average Bonchev–Trinajstić information content (AvgIpc) is 2.94. The number of anilines is 1. The van der Waals surface area contributed by atoms with Gasteiger partial charge in [0.25, 0.3) is 0 Å². The Bertz CT molecular complexity index is 1380. The largest absolute Gasteiger partial charge is 0.354 e. The summed E-state index contributed by atoms with van der Waals surface area (Å²) in [5, 5.41) is 2.89. The number of para-hydroxylation sites is 1. The van der Waals surface area contributed by atoms with Crippen LogP contribution < -0.4 is 9.62 Å². The zero-order chi connectivity index (χ0) is 29.3. The number of carbonyl (C=O) groups is 2. The molecule has 1 unspecified atom stereocenters. The number of hydrogen-bond donors (Lipinski definition) is 1.